The lowest BCUT2D eigenvalue weighted by Gasteiger charge is -2.09. The van der Waals surface area contributed by atoms with Gasteiger partial charge < -0.3 is 11.1 Å². The average molecular weight is 449 g/mol. The second kappa shape index (κ2) is 7.50. The highest BCUT2D eigenvalue weighted by Gasteiger charge is 2.34. The Balaban J connectivity index is 1.69. The zero-order chi connectivity index (χ0) is 22.3. The fraction of sp³-hybridized carbons (Fsp3) is 0.167. The number of primary amides is 1. The molecule has 0 aromatic carbocycles. The van der Waals surface area contributed by atoms with E-state index >= 15 is 0 Å². The van der Waals surface area contributed by atoms with E-state index in [1.165, 1.54) is 17.7 Å². The number of hydrogen-bond donors (Lipinski definition) is 2. The monoisotopic (exact) mass is 449 g/mol. The first-order valence-electron chi connectivity index (χ1n) is 8.77. The Morgan fingerprint density at radius 2 is 2.03 bits per heavy atom. The Morgan fingerprint density at radius 3 is 2.68 bits per heavy atom. The van der Waals surface area contributed by atoms with E-state index in [9.17, 15) is 22.8 Å². The maximum Gasteiger partial charge on any atom is 0.433 e. The van der Waals surface area contributed by atoms with Gasteiger partial charge in [0.15, 0.2) is 5.69 Å². The van der Waals surface area contributed by atoms with Crippen LogP contribution >= 0.6 is 11.3 Å². The summed E-state index contributed by atoms with van der Waals surface area (Å²) in [4.78, 5) is 28.1. The molecule has 4 rings (SSSR count). The highest BCUT2D eigenvalue weighted by Crippen LogP contribution is 2.39. The Morgan fingerprint density at radius 1 is 1.26 bits per heavy atom. The van der Waals surface area contributed by atoms with Gasteiger partial charge in [-0.05, 0) is 30.7 Å². The van der Waals surface area contributed by atoms with E-state index in [-0.39, 0.29) is 38.7 Å². The third-order valence-corrected chi connectivity index (χ3v) is 5.43. The first-order valence-corrected chi connectivity index (χ1v) is 9.58. The number of fused-ring (bicyclic) bond motifs is 1. The van der Waals surface area contributed by atoms with Crippen molar-refractivity contribution in [2.75, 3.05) is 5.32 Å². The Labute approximate surface area is 176 Å². The van der Waals surface area contributed by atoms with Crippen molar-refractivity contribution >= 4 is 39.1 Å². The van der Waals surface area contributed by atoms with Crippen molar-refractivity contribution < 1.29 is 22.8 Å². The molecule has 0 atom stereocenters. The summed E-state index contributed by atoms with van der Waals surface area (Å²) in [6.45, 7) is 1.71. The molecule has 31 heavy (non-hydrogen) atoms. The first kappa shape index (κ1) is 20.5. The predicted octanol–water partition coefficient (Wildman–Crippen LogP) is 2.87. The number of alkyl halides is 3. The van der Waals surface area contributed by atoms with Crippen LogP contribution in [-0.4, -0.2) is 36.4 Å². The summed E-state index contributed by atoms with van der Waals surface area (Å²) < 4.78 is 42.4. The quantitative estimate of drug-likeness (QED) is 0.485. The molecule has 0 saturated heterocycles. The van der Waals surface area contributed by atoms with E-state index in [1.807, 2.05) is 0 Å². The molecule has 13 heteroatoms. The van der Waals surface area contributed by atoms with Crippen molar-refractivity contribution in [2.45, 2.75) is 19.8 Å². The van der Waals surface area contributed by atoms with Gasteiger partial charge in [-0.3, -0.25) is 19.0 Å². The topological polar surface area (TPSA) is 121 Å². The van der Waals surface area contributed by atoms with Crippen LogP contribution in [0.15, 0.2) is 36.8 Å². The van der Waals surface area contributed by atoms with Crippen LogP contribution < -0.4 is 11.1 Å². The number of carbonyl (C=O) groups excluding carboxylic acids is 2. The van der Waals surface area contributed by atoms with E-state index in [0.29, 0.717) is 11.3 Å². The molecule has 4 aromatic heterocycles. The molecule has 160 valence electrons. The molecule has 0 bridgehead atoms. The van der Waals surface area contributed by atoms with Crippen molar-refractivity contribution in [1.82, 2.24) is 24.5 Å². The van der Waals surface area contributed by atoms with Crippen LogP contribution in [0.1, 0.15) is 31.4 Å². The van der Waals surface area contributed by atoms with Crippen LogP contribution in [0.4, 0.5) is 18.9 Å². The number of nitrogens with two attached hydrogens (primary N) is 1. The smallest absolute Gasteiger partial charge is 0.365 e. The average Bonchev–Trinajstić information content (AvgIpc) is 3.41. The molecule has 9 nitrogen and oxygen atoms in total. The molecule has 3 N–H and O–H groups in total. The van der Waals surface area contributed by atoms with Gasteiger partial charge in [0.1, 0.15) is 22.1 Å². The van der Waals surface area contributed by atoms with Gasteiger partial charge in [0.05, 0.1) is 5.69 Å². The fourth-order valence-corrected chi connectivity index (χ4v) is 4.05. The number of rotatable bonds is 5. The third kappa shape index (κ3) is 3.99. The fourth-order valence-electron chi connectivity index (χ4n) is 2.99. The van der Waals surface area contributed by atoms with Crippen molar-refractivity contribution in [3.8, 4) is 0 Å². The number of nitrogens with one attached hydrogen (secondary N) is 1. The minimum absolute atomic E-state index is 0.0119. The normalized spacial score (nSPS) is 11.7. The summed E-state index contributed by atoms with van der Waals surface area (Å²) in [7, 11) is 0. The summed E-state index contributed by atoms with van der Waals surface area (Å²) >= 11 is 0.684. The zero-order valence-corrected chi connectivity index (χ0v) is 16.7. The van der Waals surface area contributed by atoms with E-state index < -0.39 is 23.7 Å². The molecule has 0 aliphatic heterocycles. The molecule has 2 amide bonds. The molecule has 0 aliphatic rings. The van der Waals surface area contributed by atoms with Crippen LogP contribution in [0.3, 0.4) is 0 Å². The number of aromatic nitrogens is 5. The van der Waals surface area contributed by atoms with Gasteiger partial charge in [-0.2, -0.15) is 23.4 Å². The van der Waals surface area contributed by atoms with Crippen molar-refractivity contribution in [3.05, 3.63) is 58.6 Å². The number of hydrogen-bond acceptors (Lipinski definition) is 6. The Kier molecular flexibility index (Phi) is 4.97. The van der Waals surface area contributed by atoms with E-state index in [2.05, 4.69) is 20.5 Å². The molecule has 0 saturated carbocycles. The maximum atomic E-state index is 13.1. The van der Waals surface area contributed by atoms with Crippen LogP contribution in [0, 0.1) is 6.92 Å². The van der Waals surface area contributed by atoms with Crippen LogP contribution in [0.2, 0.25) is 0 Å². The van der Waals surface area contributed by atoms with Gasteiger partial charge in [0, 0.05) is 24.0 Å². The van der Waals surface area contributed by atoms with E-state index in [1.54, 1.807) is 29.3 Å². The molecule has 0 unspecified atom stereocenters. The van der Waals surface area contributed by atoms with Crippen molar-refractivity contribution in [1.29, 1.82) is 0 Å². The summed E-state index contributed by atoms with van der Waals surface area (Å²) in [5, 5.41) is 11.0. The number of halogens is 3. The molecule has 0 radical (unpaired) electrons. The summed E-state index contributed by atoms with van der Waals surface area (Å²) in [5.41, 5.74) is 4.54. The summed E-state index contributed by atoms with van der Waals surface area (Å²) in [6.07, 6.45) is 0.244. The number of amides is 2. The maximum absolute atomic E-state index is 13.1. The molecule has 4 aromatic rings. The lowest BCUT2D eigenvalue weighted by Crippen LogP contribution is -2.18. The number of aryl methyl sites for hydroxylation is 1. The van der Waals surface area contributed by atoms with Gasteiger partial charge in [0.2, 0.25) is 0 Å². The summed E-state index contributed by atoms with van der Waals surface area (Å²) in [6, 6.07) is 4.06. The van der Waals surface area contributed by atoms with Crippen molar-refractivity contribution in [3.63, 3.8) is 0 Å². The molecule has 4 heterocycles. The number of anilines is 1. The van der Waals surface area contributed by atoms with Gasteiger partial charge >= 0.3 is 6.18 Å². The third-order valence-electron chi connectivity index (χ3n) is 4.33. The number of nitrogens with zero attached hydrogens (tertiary/aromatic N) is 5. The lowest BCUT2D eigenvalue weighted by molar-refractivity contribution is -0.141. The Bertz CT molecular complexity index is 1290. The van der Waals surface area contributed by atoms with Crippen LogP contribution in [-0.2, 0) is 12.8 Å². The SMILES string of the molecule is Cc1cc(C(F)(F)F)nc2sc(C(N)=O)c(NC(=O)c3ccn(Cn4cccn4)n3)c12. The largest absolute Gasteiger partial charge is 0.433 e. The van der Waals surface area contributed by atoms with Gasteiger partial charge in [-0.1, -0.05) is 0 Å². The number of pyridine rings is 1. The highest BCUT2D eigenvalue weighted by molar-refractivity contribution is 7.21. The Hall–Kier alpha value is -3.74. The number of carbonyl (C=O) groups is 2. The van der Waals surface area contributed by atoms with Gasteiger partial charge in [-0.25, -0.2) is 4.98 Å². The first-order chi connectivity index (χ1) is 14.6. The minimum Gasteiger partial charge on any atom is -0.365 e. The second-order valence-corrected chi connectivity index (χ2v) is 7.55. The number of thiophene rings is 1. The summed E-state index contributed by atoms with van der Waals surface area (Å²) in [5.74, 6) is -1.55. The van der Waals surface area contributed by atoms with Crippen LogP contribution in [0.25, 0.3) is 10.2 Å². The lowest BCUT2D eigenvalue weighted by atomic mass is 10.1. The zero-order valence-electron chi connectivity index (χ0n) is 15.8. The molecule has 0 fully saturated rings. The van der Waals surface area contributed by atoms with E-state index in [0.717, 1.165) is 6.07 Å². The van der Waals surface area contributed by atoms with Gasteiger partial charge in [0.25, 0.3) is 11.8 Å². The molecule has 0 spiro atoms. The molecular formula is C18H14F3N7O2S. The van der Waals surface area contributed by atoms with E-state index in [4.69, 9.17) is 5.73 Å². The molecule has 0 aliphatic carbocycles. The van der Waals surface area contributed by atoms with Crippen LogP contribution in [0.5, 0.6) is 0 Å². The van der Waals surface area contributed by atoms with Gasteiger partial charge in [-0.15, -0.1) is 11.3 Å². The van der Waals surface area contributed by atoms with Crippen molar-refractivity contribution in [2.24, 2.45) is 5.73 Å². The predicted molar refractivity (Wildman–Crippen MR) is 106 cm³/mol. The second-order valence-electron chi connectivity index (χ2n) is 6.55. The highest BCUT2D eigenvalue weighted by atomic mass is 32.1. The standard InChI is InChI=1S/C18H14F3N7O2S/c1-9-7-11(18(19,20)21)24-17-12(9)13(14(31-17)15(22)29)25-16(30)10-3-6-28(26-10)8-27-5-2-4-23-27/h2-7H,8H2,1H3,(H2,22,29)(H,25,30). The minimum atomic E-state index is -4.65. The molecular weight excluding hydrogens is 435 g/mol.